The quantitative estimate of drug-likeness (QED) is 0.847. The van der Waals surface area contributed by atoms with Crippen molar-refractivity contribution in [1.82, 2.24) is 10.2 Å². The Kier molecular flexibility index (Phi) is 5.47. The largest absolute Gasteiger partial charge is 0.339 e. The molecule has 2 aromatic rings. The van der Waals surface area contributed by atoms with Crippen molar-refractivity contribution in [2.24, 2.45) is 0 Å². The summed E-state index contributed by atoms with van der Waals surface area (Å²) in [6, 6.07) is 9.78. The van der Waals surface area contributed by atoms with Gasteiger partial charge in [0.1, 0.15) is 0 Å². The van der Waals surface area contributed by atoms with Gasteiger partial charge in [0.15, 0.2) is 11.6 Å². The Morgan fingerprint density at radius 1 is 1.05 bits per heavy atom. The van der Waals surface area contributed by atoms with Crippen LogP contribution in [0.1, 0.15) is 37.3 Å². The third-order valence-corrected chi connectivity index (χ3v) is 3.18. The van der Waals surface area contributed by atoms with E-state index in [0.29, 0.717) is 18.1 Å². The molecule has 2 N–H and O–H groups in total. The second-order valence-electron chi connectivity index (χ2n) is 5.46. The zero-order chi connectivity index (χ0) is 15.9. The highest BCUT2D eigenvalue weighted by molar-refractivity contribution is 5.89. The maximum atomic E-state index is 11.6. The van der Waals surface area contributed by atoms with Gasteiger partial charge < -0.3 is 10.6 Å². The lowest BCUT2D eigenvalue weighted by atomic mass is 10.1. The van der Waals surface area contributed by atoms with E-state index in [4.69, 9.17) is 0 Å². The molecule has 0 atom stereocenters. The van der Waals surface area contributed by atoms with Gasteiger partial charge in [-0.2, -0.15) is 0 Å². The summed E-state index contributed by atoms with van der Waals surface area (Å²) in [6.07, 6.45) is 2.39. The van der Waals surface area contributed by atoms with Gasteiger partial charge in [0.25, 0.3) is 0 Å². The molecule has 0 aliphatic carbocycles. The van der Waals surface area contributed by atoms with Gasteiger partial charge in [-0.1, -0.05) is 19.4 Å². The molecule has 1 aromatic heterocycles. The molecular formula is C17H22N4O. The van der Waals surface area contributed by atoms with Crippen molar-refractivity contribution in [3.8, 4) is 0 Å². The van der Waals surface area contributed by atoms with Crippen LogP contribution in [0.25, 0.3) is 0 Å². The van der Waals surface area contributed by atoms with E-state index in [2.05, 4.69) is 59.8 Å². The summed E-state index contributed by atoms with van der Waals surface area (Å²) in [4.78, 5) is 11.6. The van der Waals surface area contributed by atoms with Gasteiger partial charge >= 0.3 is 0 Å². The molecule has 5 nitrogen and oxygen atoms in total. The van der Waals surface area contributed by atoms with E-state index in [9.17, 15) is 4.79 Å². The number of unbranched alkanes of at least 4 members (excludes halogenated alkanes) is 1. The Morgan fingerprint density at radius 2 is 1.68 bits per heavy atom. The van der Waals surface area contributed by atoms with Crippen molar-refractivity contribution in [3.63, 3.8) is 0 Å². The van der Waals surface area contributed by atoms with E-state index >= 15 is 0 Å². The van der Waals surface area contributed by atoms with Gasteiger partial charge in [-0.05, 0) is 55.7 Å². The van der Waals surface area contributed by atoms with Crippen molar-refractivity contribution in [1.29, 1.82) is 0 Å². The lowest BCUT2D eigenvalue weighted by Crippen LogP contribution is -2.12. The first-order valence-corrected chi connectivity index (χ1v) is 7.55. The van der Waals surface area contributed by atoms with E-state index in [1.54, 1.807) is 12.1 Å². The predicted octanol–water partition coefficient (Wildman–Crippen LogP) is 3.97. The Balaban J connectivity index is 1.98. The first-order chi connectivity index (χ1) is 10.6. The third kappa shape index (κ3) is 4.84. The molecule has 0 saturated carbocycles. The number of carbonyl (C=O) groups is 1. The summed E-state index contributed by atoms with van der Waals surface area (Å²) in [6.45, 7) is 6.16. The lowest BCUT2D eigenvalue weighted by Gasteiger charge is -2.08. The summed E-state index contributed by atoms with van der Waals surface area (Å²) in [7, 11) is 0. The predicted molar refractivity (Wildman–Crippen MR) is 89.4 cm³/mol. The van der Waals surface area contributed by atoms with E-state index in [0.717, 1.165) is 18.5 Å². The van der Waals surface area contributed by atoms with Crippen LogP contribution in [0.5, 0.6) is 0 Å². The number of carbonyl (C=O) groups excluding carboxylic acids is 1. The van der Waals surface area contributed by atoms with Crippen molar-refractivity contribution < 1.29 is 4.79 Å². The minimum atomic E-state index is -0.0221. The number of aromatic nitrogens is 2. The number of rotatable bonds is 6. The maximum Gasteiger partial charge on any atom is 0.225 e. The first kappa shape index (κ1) is 15.9. The van der Waals surface area contributed by atoms with Crippen LogP contribution in [0.3, 0.4) is 0 Å². The van der Waals surface area contributed by atoms with Crippen LogP contribution in [0.15, 0.2) is 30.3 Å². The molecule has 0 fully saturated rings. The van der Waals surface area contributed by atoms with Crippen LogP contribution in [0.2, 0.25) is 0 Å². The average molecular weight is 298 g/mol. The molecule has 0 radical (unpaired) electrons. The van der Waals surface area contributed by atoms with E-state index < -0.39 is 0 Å². The normalized spacial score (nSPS) is 10.3. The van der Waals surface area contributed by atoms with E-state index in [1.165, 1.54) is 11.1 Å². The Morgan fingerprint density at radius 3 is 2.27 bits per heavy atom. The molecule has 0 saturated heterocycles. The third-order valence-electron chi connectivity index (χ3n) is 3.18. The second kappa shape index (κ2) is 7.54. The molecule has 0 aliphatic rings. The number of nitrogens with one attached hydrogen (secondary N) is 2. The Bertz CT molecular complexity index is 617. The smallest absolute Gasteiger partial charge is 0.225 e. The Hall–Kier alpha value is -2.43. The number of anilines is 3. The fourth-order valence-corrected chi connectivity index (χ4v) is 2.20. The number of aryl methyl sites for hydroxylation is 2. The molecule has 1 aromatic carbocycles. The molecule has 1 heterocycles. The maximum absolute atomic E-state index is 11.6. The number of hydrogen-bond acceptors (Lipinski definition) is 4. The SMILES string of the molecule is CCCCC(=O)Nc1ccc(Nc2cc(C)cc(C)c2)nn1. The van der Waals surface area contributed by atoms with E-state index in [-0.39, 0.29) is 5.91 Å². The topological polar surface area (TPSA) is 66.9 Å². The van der Waals surface area contributed by atoms with Crippen LogP contribution >= 0.6 is 0 Å². The van der Waals surface area contributed by atoms with Gasteiger partial charge in [-0.3, -0.25) is 4.79 Å². The van der Waals surface area contributed by atoms with Crippen molar-refractivity contribution in [2.75, 3.05) is 10.6 Å². The van der Waals surface area contributed by atoms with Gasteiger partial charge in [0.05, 0.1) is 0 Å². The molecular weight excluding hydrogens is 276 g/mol. The van der Waals surface area contributed by atoms with Crippen molar-refractivity contribution in [3.05, 3.63) is 41.5 Å². The van der Waals surface area contributed by atoms with Crippen molar-refractivity contribution in [2.45, 2.75) is 40.0 Å². The fraction of sp³-hybridized carbons (Fsp3) is 0.353. The molecule has 5 heteroatoms. The average Bonchev–Trinajstić information content (AvgIpc) is 2.46. The minimum Gasteiger partial charge on any atom is -0.339 e. The van der Waals surface area contributed by atoms with Gasteiger partial charge in [-0.15, -0.1) is 10.2 Å². The van der Waals surface area contributed by atoms with Gasteiger partial charge in [0.2, 0.25) is 5.91 Å². The second-order valence-corrected chi connectivity index (χ2v) is 5.46. The molecule has 0 unspecified atom stereocenters. The molecule has 0 bridgehead atoms. The van der Waals surface area contributed by atoms with Crippen LogP contribution in [0, 0.1) is 13.8 Å². The number of benzene rings is 1. The standard InChI is InChI=1S/C17H22N4O/c1-4-5-6-17(22)19-16-8-7-15(20-21-16)18-14-10-12(2)9-13(3)11-14/h7-11H,4-6H2,1-3H3,(H,18,20)(H,19,21,22). The van der Waals surface area contributed by atoms with Crippen LogP contribution in [-0.2, 0) is 4.79 Å². The summed E-state index contributed by atoms with van der Waals surface area (Å²) in [5.74, 6) is 1.11. The van der Waals surface area contributed by atoms with Gasteiger partial charge in [0, 0.05) is 12.1 Å². The highest BCUT2D eigenvalue weighted by atomic mass is 16.1. The molecule has 2 rings (SSSR count). The van der Waals surface area contributed by atoms with Crippen LogP contribution in [0.4, 0.5) is 17.3 Å². The summed E-state index contributed by atoms with van der Waals surface area (Å²) >= 11 is 0. The highest BCUT2D eigenvalue weighted by Crippen LogP contribution is 2.18. The number of hydrogen-bond donors (Lipinski definition) is 2. The fourth-order valence-electron chi connectivity index (χ4n) is 2.20. The highest BCUT2D eigenvalue weighted by Gasteiger charge is 2.04. The zero-order valence-electron chi connectivity index (χ0n) is 13.3. The number of nitrogens with zero attached hydrogens (tertiary/aromatic N) is 2. The number of amides is 1. The monoisotopic (exact) mass is 298 g/mol. The molecule has 22 heavy (non-hydrogen) atoms. The molecule has 116 valence electrons. The van der Waals surface area contributed by atoms with Crippen molar-refractivity contribution >= 4 is 23.2 Å². The zero-order valence-corrected chi connectivity index (χ0v) is 13.3. The lowest BCUT2D eigenvalue weighted by molar-refractivity contribution is -0.116. The van der Waals surface area contributed by atoms with Gasteiger partial charge in [-0.25, -0.2) is 0 Å². The molecule has 1 amide bonds. The van der Waals surface area contributed by atoms with Crippen LogP contribution in [-0.4, -0.2) is 16.1 Å². The molecule has 0 aliphatic heterocycles. The Labute approximate surface area is 131 Å². The molecule has 0 spiro atoms. The summed E-state index contributed by atoms with van der Waals surface area (Å²) in [5, 5.41) is 14.1. The minimum absolute atomic E-state index is 0.0221. The van der Waals surface area contributed by atoms with Crippen LogP contribution < -0.4 is 10.6 Å². The first-order valence-electron chi connectivity index (χ1n) is 7.55. The summed E-state index contributed by atoms with van der Waals surface area (Å²) in [5.41, 5.74) is 3.36. The van der Waals surface area contributed by atoms with E-state index in [1.807, 2.05) is 0 Å². The summed E-state index contributed by atoms with van der Waals surface area (Å²) < 4.78 is 0.